The SMILES string of the molecule is Cc1ccc([C@]2(O)CC[C@H](C)C2)cc1. The van der Waals surface area contributed by atoms with Gasteiger partial charge < -0.3 is 5.11 Å². The Hall–Kier alpha value is -0.820. The Morgan fingerprint density at radius 1 is 1.29 bits per heavy atom. The average molecular weight is 190 g/mol. The van der Waals surface area contributed by atoms with Crippen LogP contribution in [0.15, 0.2) is 24.3 Å². The number of hydrogen-bond donors (Lipinski definition) is 1. The molecule has 2 atom stereocenters. The van der Waals surface area contributed by atoms with Gasteiger partial charge in [-0.15, -0.1) is 0 Å². The van der Waals surface area contributed by atoms with E-state index in [-0.39, 0.29) is 0 Å². The van der Waals surface area contributed by atoms with E-state index in [4.69, 9.17) is 0 Å². The Bertz CT molecular complexity index is 315. The van der Waals surface area contributed by atoms with Gasteiger partial charge in [0.15, 0.2) is 0 Å². The molecule has 14 heavy (non-hydrogen) atoms. The quantitative estimate of drug-likeness (QED) is 0.721. The van der Waals surface area contributed by atoms with Crippen molar-refractivity contribution in [1.29, 1.82) is 0 Å². The van der Waals surface area contributed by atoms with Gasteiger partial charge in [0, 0.05) is 0 Å². The topological polar surface area (TPSA) is 20.2 Å². The fraction of sp³-hybridized carbons (Fsp3) is 0.538. The van der Waals surface area contributed by atoms with E-state index in [1.54, 1.807) is 0 Å². The van der Waals surface area contributed by atoms with Crippen LogP contribution in [0.1, 0.15) is 37.3 Å². The Balaban J connectivity index is 2.26. The summed E-state index contributed by atoms with van der Waals surface area (Å²) < 4.78 is 0. The van der Waals surface area contributed by atoms with Crippen molar-refractivity contribution in [1.82, 2.24) is 0 Å². The van der Waals surface area contributed by atoms with E-state index < -0.39 is 5.60 Å². The first-order chi connectivity index (χ1) is 6.60. The lowest BCUT2D eigenvalue weighted by Gasteiger charge is -2.23. The smallest absolute Gasteiger partial charge is 0.0899 e. The molecule has 76 valence electrons. The molecule has 0 saturated heterocycles. The molecule has 1 nitrogen and oxygen atoms in total. The summed E-state index contributed by atoms with van der Waals surface area (Å²) in [6.45, 7) is 4.29. The van der Waals surface area contributed by atoms with E-state index in [2.05, 4.69) is 38.1 Å². The highest BCUT2D eigenvalue weighted by Gasteiger charge is 2.36. The van der Waals surface area contributed by atoms with Gasteiger partial charge in [-0.1, -0.05) is 36.8 Å². The zero-order valence-electron chi connectivity index (χ0n) is 8.96. The van der Waals surface area contributed by atoms with Gasteiger partial charge in [0.2, 0.25) is 0 Å². The lowest BCUT2D eigenvalue weighted by molar-refractivity contribution is 0.0408. The van der Waals surface area contributed by atoms with Crippen molar-refractivity contribution in [2.75, 3.05) is 0 Å². The van der Waals surface area contributed by atoms with Crippen molar-refractivity contribution in [2.45, 2.75) is 38.7 Å². The van der Waals surface area contributed by atoms with Gasteiger partial charge in [-0.05, 0) is 37.7 Å². The normalized spacial score (nSPS) is 32.1. The summed E-state index contributed by atoms with van der Waals surface area (Å²) in [6, 6.07) is 8.29. The molecule has 0 aromatic heterocycles. The molecule has 1 heteroatoms. The first-order valence-corrected chi connectivity index (χ1v) is 5.40. The number of rotatable bonds is 1. The van der Waals surface area contributed by atoms with E-state index in [0.717, 1.165) is 24.8 Å². The average Bonchev–Trinajstić information content (AvgIpc) is 2.48. The molecule has 2 rings (SSSR count). The zero-order chi connectivity index (χ0) is 10.2. The molecule has 1 aromatic carbocycles. The maximum atomic E-state index is 10.4. The van der Waals surface area contributed by atoms with Gasteiger partial charge in [0.1, 0.15) is 0 Å². The lowest BCUT2D eigenvalue weighted by atomic mass is 9.91. The molecule has 0 amide bonds. The Morgan fingerprint density at radius 3 is 2.43 bits per heavy atom. The van der Waals surface area contributed by atoms with Gasteiger partial charge in [0.25, 0.3) is 0 Å². The third kappa shape index (κ3) is 1.69. The van der Waals surface area contributed by atoms with E-state index in [9.17, 15) is 5.11 Å². The lowest BCUT2D eigenvalue weighted by Crippen LogP contribution is -2.21. The van der Waals surface area contributed by atoms with Crippen LogP contribution >= 0.6 is 0 Å². The van der Waals surface area contributed by atoms with Crippen LogP contribution in [0.3, 0.4) is 0 Å². The predicted octanol–water partition coefficient (Wildman–Crippen LogP) is 3.00. The van der Waals surface area contributed by atoms with Crippen molar-refractivity contribution < 1.29 is 5.11 Å². The minimum atomic E-state index is -0.548. The van der Waals surface area contributed by atoms with Gasteiger partial charge >= 0.3 is 0 Å². The molecule has 1 aliphatic rings. The van der Waals surface area contributed by atoms with Crippen LogP contribution in [-0.2, 0) is 5.60 Å². The molecular formula is C13H18O. The van der Waals surface area contributed by atoms with Gasteiger partial charge in [0.05, 0.1) is 5.60 Å². The minimum absolute atomic E-state index is 0.548. The molecule has 0 unspecified atom stereocenters. The maximum absolute atomic E-state index is 10.4. The third-order valence-corrected chi connectivity index (χ3v) is 3.33. The van der Waals surface area contributed by atoms with Crippen LogP contribution in [0.2, 0.25) is 0 Å². The van der Waals surface area contributed by atoms with E-state index >= 15 is 0 Å². The number of aliphatic hydroxyl groups is 1. The number of benzene rings is 1. The number of aryl methyl sites for hydroxylation is 1. The summed E-state index contributed by atoms with van der Waals surface area (Å²) >= 11 is 0. The highest BCUT2D eigenvalue weighted by Crippen LogP contribution is 2.41. The molecule has 0 aliphatic heterocycles. The van der Waals surface area contributed by atoms with Crippen LogP contribution in [-0.4, -0.2) is 5.11 Å². The van der Waals surface area contributed by atoms with Crippen LogP contribution in [0.4, 0.5) is 0 Å². The van der Waals surface area contributed by atoms with Gasteiger partial charge in [-0.3, -0.25) is 0 Å². The second-order valence-electron chi connectivity index (χ2n) is 4.75. The summed E-state index contributed by atoms with van der Waals surface area (Å²) in [5.41, 5.74) is 1.79. The highest BCUT2D eigenvalue weighted by atomic mass is 16.3. The molecule has 1 saturated carbocycles. The maximum Gasteiger partial charge on any atom is 0.0899 e. The number of hydrogen-bond acceptors (Lipinski definition) is 1. The second kappa shape index (κ2) is 3.39. The summed E-state index contributed by atoms with van der Waals surface area (Å²) in [4.78, 5) is 0. The van der Waals surface area contributed by atoms with Gasteiger partial charge in [-0.2, -0.15) is 0 Å². The fourth-order valence-corrected chi connectivity index (χ4v) is 2.39. The largest absolute Gasteiger partial charge is 0.385 e. The van der Waals surface area contributed by atoms with E-state index in [0.29, 0.717) is 5.92 Å². The van der Waals surface area contributed by atoms with Crippen molar-refractivity contribution in [3.63, 3.8) is 0 Å². The van der Waals surface area contributed by atoms with Crippen molar-refractivity contribution in [3.8, 4) is 0 Å². The molecule has 1 N–H and O–H groups in total. The molecular weight excluding hydrogens is 172 g/mol. The third-order valence-electron chi connectivity index (χ3n) is 3.33. The standard InChI is InChI=1S/C13H18O/c1-10-3-5-12(6-4-10)13(14)8-7-11(2)9-13/h3-6,11,14H,7-9H2,1-2H3/t11-,13-/m0/s1. The summed E-state index contributed by atoms with van der Waals surface area (Å²) in [7, 11) is 0. The Labute approximate surface area is 85.8 Å². The van der Waals surface area contributed by atoms with E-state index in [1.807, 2.05) is 0 Å². The molecule has 1 aliphatic carbocycles. The zero-order valence-corrected chi connectivity index (χ0v) is 8.96. The summed E-state index contributed by atoms with van der Waals surface area (Å²) in [5.74, 6) is 0.654. The van der Waals surface area contributed by atoms with Gasteiger partial charge in [-0.25, -0.2) is 0 Å². The van der Waals surface area contributed by atoms with Crippen LogP contribution < -0.4 is 0 Å². The molecule has 0 radical (unpaired) electrons. The summed E-state index contributed by atoms with van der Waals surface area (Å²) in [5, 5.41) is 10.4. The highest BCUT2D eigenvalue weighted by molar-refractivity contribution is 5.27. The first-order valence-electron chi connectivity index (χ1n) is 5.40. The first kappa shape index (κ1) is 9.72. The predicted molar refractivity (Wildman–Crippen MR) is 58.1 cm³/mol. The second-order valence-corrected chi connectivity index (χ2v) is 4.75. The fourth-order valence-electron chi connectivity index (χ4n) is 2.39. The van der Waals surface area contributed by atoms with Crippen molar-refractivity contribution in [2.24, 2.45) is 5.92 Å². The monoisotopic (exact) mass is 190 g/mol. The van der Waals surface area contributed by atoms with Crippen LogP contribution in [0.25, 0.3) is 0 Å². The molecule has 0 spiro atoms. The molecule has 1 fully saturated rings. The van der Waals surface area contributed by atoms with E-state index in [1.165, 1.54) is 5.56 Å². The van der Waals surface area contributed by atoms with Crippen molar-refractivity contribution in [3.05, 3.63) is 35.4 Å². The Kier molecular flexibility index (Phi) is 2.36. The van der Waals surface area contributed by atoms with Crippen LogP contribution in [0.5, 0.6) is 0 Å². The molecule has 1 aromatic rings. The van der Waals surface area contributed by atoms with Crippen LogP contribution in [0, 0.1) is 12.8 Å². The summed E-state index contributed by atoms with van der Waals surface area (Å²) in [6.07, 6.45) is 2.97. The molecule has 0 bridgehead atoms. The van der Waals surface area contributed by atoms with Crippen molar-refractivity contribution >= 4 is 0 Å². The Morgan fingerprint density at radius 2 is 1.93 bits per heavy atom. The minimum Gasteiger partial charge on any atom is -0.385 e. The molecule has 0 heterocycles.